The molecule has 0 amide bonds. The van der Waals surface area contributed by atoms with Crippen LogP contribution >= 0.6 is 31.9 Å². The topological polar surface area (TPSA) is 69.1 Å². The third-order valence-corrected chi connectivity index (χ3v) is 3.52. The molecule has 4 nitrogen and oxygen atoms in total. The number of aromatic amines is 1. The molecule has 1 aromatic carbocycles. The minimum Gasteiger partial charge on any atom is -0.389 e. The lowest BCUT2D eigenvalue weighted by Crippen LogP contribution is -2.20. The number of aliphatic hydroxyl groups excluding tert-OH is 2. The first-order chi connectivity index (χ1) is 7.63. The van der Waals surface area contributed by atoms with Gasteiger partial charge < -0.3 is 10.2 Å². The van der Waals surface area contributed by atoms with E-state index in [4.69, 9.17) is 0 Å². The molecule has 1 heterocycles. The van der Waals surface area contributed by atoms with Crippen LogP contribution in [0.2, 0.25) is 0 Å². The Morgan fingerprint density at radius 3 is 2.81 bits per heavy atom. The second-order valence-electron chi connectivity index (χ2n) is 3.47. The lowest BCUT2D eigenvalue weighted by Gasteiger charge is -2.13. The van der Waals surface area contributed by atoms with Crippen molar-refractivity contribution < 1.29 is 10.2 Å². The van der Waals surface area contributed by atoms with Crippen LogP contribution in [0.15, 0.2) is 22.7 Å². The summed E-state index contributed by atoms with van der Waals surface area (Å²) in [5.74, 6) is 0. The largest absolute Gasteiger partial charge is 0.389 e. The SMILES string of the molecule is OC(CBr)C(O)c1[nH]nc2cc(Br)ccc12. The maximum absolute atomic E-state index is 9.88. The zero-order valence-electron chi connectivity index (χ0n) is 8.19. The third kappa shape index (κ3) is 2.15. The zero-order chi connectivity index (χ0) is 11.7. The van der Waals surface area contributed by atoms with Crippen molar-refractivity contribution in [3.05, 3.63) is 28.4 Å². The Hall–Kier alpha value is -0.430. The molecule has 0 aliphatic carbocycles. The molecule has 6 heteroatoms. The lowest BCUT2D eigenvalue weighted by atomic mass is 10.1. The van der Waals surface area contributed by atoms with E-state index in [9.17, 15) is 10.2 Å². The summed E-state index contributed by atoms with van der Waals surface area (Å²) in [6.45, 7) is 0. The number of halogens is 2. The number of fused-ring (bicyclic) bond motifs is 1. The first-order valence-corrected chi connectivity index (χ1v) is 6.60. The molecule has 0 fully saturated rings. The summed E-state index contributed by atoms with van der Waals surface area (Å²) in [6.07, 6.45) is -1.82. The predicted molar refractivity (Wildman–Crippen MR) is 68.6 cm³/mol. The fourth-order valence-electron chi connectivity index (χ4n) is 1.51. The average molecular weight is 350 g/mol. The molecule has 0 bridgehead atoms. The molecule has 1 aromatic heterocycles. The van der Waals surface area contributed by atoms with Crippen molar-refractivity contribution in [3.8, 4) is 0 Å². The molecule has 86 valence electrons. The Balaban J connectivity index is 2.45. The van der Waals surface area contributed by atoms with Gasteiger partial charge in [-0.05, 0) is 18.2 Å². The van der Waals surface area contributed by atoms with Crippen LogP contribution in [-0.2, 0) is 0 Å². The first-order valence-electron chi connectivity index (χ1n) is 4.69. The number of nitrogens with one attached hydrogen (secondary N) is 1. The quantitative estimate of drug-likeness (QED) is 0.743. The number of aromatic nitrogens is 2. The van der Waals surface area contributed by atoms with Crippen molar-refractivity contribution in [2.24, 2.45) is 0 Å². The number of benzene rings is 1. The van der Waals surface area contributed by atoms with E-state index in [1.54, 1.807) is 0 Å². The summed E-state index contributed by atoms with van der Waals surface area (Å²) in [7, 11) is 0. The van der Waals surface area contributed by atoms with E-state index in [-0.39, 0.29) is 0 Å². The smallest absolute Gasteiger partial charge is 0.123 e. The third-order valence-electron chi connectivity index (χ3n) is 2.37. The number of hydrogen-bond acceptors (Lipinski definition) is 3. The molecule has 2 aromatic rings. The van der Waals surface area contributed by atoms with Crippen LogP contribution in [0.3, 0.4) is 0 Å². The highest BCUT2D eigenvalue weighted by atomic mass is 79.9. The van der Waals surface area contributed by atoms with E-state index in [1.807, 2.05) is 18.2 Å². The van der Waals surface area contributed by atoms with Gasteiger partial charge in [0.15, 0.2) is 0 Å². The summed E-state index contributed by atoms with van der Waals surface area (Å²) in [5.41, 5.74) is 1.29. The molecule has 2 unspecified atom stereocenters. The Bertz CT molecular complexity index is 501. The van der Waals surface area contributed by atoms with Gasteiger partial charge in [-0.1, -0.05) is 31.9 Å². The van der Waals surface area contributed by atoms with Gasteiger partial charge in [-0.25, -0.2) is 0 Å². The highest BCUT2D eigenvalue weighted by molar-refractivity contribution is 9.10. The van der Waals surface area contributed by atoms with Crippen LogP contribution in [0, 0.1) is 0 Å². The standard InChI is InChI=1S/C10H10Br2N2O2/c11-4-8(15)10(16)9-6-2-1-5(12)3-7(6)13-14-9/h1-3,8,10,15-16H,4H2,(H,13,14). The van der Waals surface area contributed by atoms with Crippen LogP contribution in [0.1, 0.15) is 11.8 Å². The van der Waals surface area contributed by atoms with E-state index in [1.165, 1.54) is 0 Å². The lowest BCUT2D eigenvalue weighted by molar-refractivity contribution is 0.0324. The van der Waals surface area contributed by atoms with Crippen molar-refractivity contribution in [3.63, 3.8) is 0 Å². The number of aliphatic hydroxyl groups is 2. The number of rotatable bonds is 3. The van der Waals surface area contributed by atoms with Crippen LogP contribution in [0.5, 0.6) is 0 Å². The molecule has 3 N–H and O–H groups in total. The van der Waals surface area contributed by atoms with Gasteiger partial charge in [0.25, 0.3) is 0 Å². The minimum atomic E-state index is -0.967. The van der Waals surface area contributed by atoms with Crippen molar-refractivity contribution in [1.29, 1.82) is 0 Å². The van der Waals surface area contributed by atoms with Crippen LogP contribution < -0.4 is 0 Å². The van der Waals surface area contributed by atoms with Gasteiger partial charge in [0, 0.05) is 15.2 Å². The van der Waals surface area contributed by atoms with E-state index in [0.29, 0.717) is 11.0 Å². The second kappa shape index (κ2) is 4.83. The molecule has 16 heavy (non-hydrogen) atoms. The monoisotopic (exact) mass is 348 g/mol. The average Bonchev–Trinajstić information content (AvgIpc) is 2.69. The predicted octanol–water partition coefficient (Wildman–Crippen LogP) is 2.11. The molecule has 0 aliphatic heterocycles. The first kappa shape index (κ1) is 12.0. The van der Waals surface area contributed by atoms with Gasteiger partial charge >= 0.3 is 0 Å². The summed E-state index contributed by atoms with van der Waals surface area (Å²) >= 11 is 6.47. The van der Waals surface area contributed by atoms with Crippen molar-refractivity contribution in [2.45, 2.75) is 12.2 Å². The number of H-pyrrole nitrogens is 1. The molecule has 0 saturated heterocycles. The Labute approximate surface area is 109 Å². The fraction of sp³-hybridized carbons (Fsp3) is 0.300. The van der Waals surface area contributed by atoms with Gasteiger partial charge in [0.1, 0.15) is 6.10 Å². The van der Waals surface area contributed by atoms with Crippen LogP contribution in [-0.4, -0.2) is 31.8 Å². The Kier molecular flexibility index (Phi) is 3.63. The van der Waals surface area contributed by atoms with E-state index < -0.39 is 12.2 Å². The van der Waals surface area contributed by atoms with Crippen molar-refractivity contribution in [2.75, 3.05) is 5.33 Å². The van der Waals surface area contributed by atoms with Gasteiger partial charge in [-0.15, -0.1) is 0 Å². The van der Waals surface area contributed by atoms with E-state index >= 15 is 0 Å². The Morgan fingerprint density at radius 2 is 2.12 bits per heavy atom. The number of alkyl halides is 1. The zero-order valence-corrected chi connectivity index (χ0v) is 11.4. The number of hydrogen-bond donors (Lipinski definition) is 3. The van der Waals surface area contributed by atoms with Gasteiger partial charge in [0.2, 0.25) is 0 Å². The van der Waals surface area contributed by atoms with Crippen molar-refractivity contribution in [1.82, 2.24) is 10.2 Å². The highest BCUT2D eigenvalue weighted by Gasteiger charge is 2.21. The van der Waals surface area contributed by atoms with Crippen LogP contribution in [0.4, 0.5) is 0 Å². The normalized spacial score (nSPS) is 15.2. The van der Waals surface area contributed by atoms with Crippen LogP contribution in [0.25, 0.3) is 10.9 Å². The maximum atomic E-state index is 9.88. The van der Waals surface area contributed by atoms with Gasteiger partial charge in [-0.3, -0.25) is 5.10 Å². The van der Waals surface area contributed by atoms with E-state index in [0.717, 1.165) is 15.4 Å². The summed E-state index contributed by atoms with van der Waals surface area (Å²) < 4.78 is 0.925. The van der Waals surface area contributed by atoms with Gasteiger partial charge in [0.05, 0.1) is 17.3 Å². The fourth-order valence-corrected chi connectivity index (χ4v) is 2.21. The van der Waals surface area contributed by atoms with E-state index in [2.05, 4.69) is 42.1 Å². The molecular formula is C10H10Br2N2O2. The molecule has 0 radical (unpaired) electrons. The number of nitrogens with zero attached hydrogens (tertiary/aromatic N) is 1. The maximum Gasteiger partial charge on any atom is 0.123 e. The molecule has 0 spiro atoms. The van der Waals surface area contributed by atoms with Crippen molar-refractivity contribution >= 4 is 42.8 Å². The molecule has 2 atom stereocenters. The second-order valence-corrected chi connectivity index (χ2v) is 5.03. The molecule has 0 saturated carbocycles. The molecule has 2 rings (SSSR count). The highest BCUT2D eigenvalue weighted by Crippen LogP contribution is 2.26. The Morgan fingerprint density at radius 1 is 1.38 bits per heavy atom. The summed E-state index contributed by atoms with van der Waals surface area (Å²) in [6, 6.07) is 5.57. The molecular weight excluding hydrogens is 340 g/mol. The molecule has 0 aliphatic rings. The summed E-state index contributed by atoms with van der Waals surface area (Å²) in [5, 5.41) is 27.4. The van der Waals surface area contributed by atoms with Gasteiger partial charge in [-0.2, -0.15) is 5.10 Å². The minimum absolute atomic E-state index is 0.311. The summed E-state index contributed by atoms with van der Waals surface area (Å²) in [4.78, 5) is 0.